The van der Waals surface area contributed by atoms with Crippen LogP contribution in [0.1, 0.15) is 48.8 Å². The van der Waals surface area contributed by atoms with Crippen molar-refractivity contribution < 1.29 is 4.74 Å². The van der Waals surface area contributed by atoms with Gasteiger partial charge in [0.25, 0.3) is 0 Å². The molecule has 1 aliphatic heterocycles. The highest BCUT2D eigenvalue weighted by Gasteiger charge is 2.15. The molecule has 2 heteroatoms. The smallest absolute Gasteiger partial charge is 0.0465 e. The van der Waals surface area contributed by atoms with Gasteiger partial charge in [-0.15, -0.1) is 0 Å². The summed E-state index contributed by atoms with van der Waals surface area (Å²) in [6.07, 6.45) is 9.95. The normalized spacial score (nSPS) is 16.8. The zero-order chi connectivity index (χ0) is 20.0. The Balaban J connectivity index is 0.000000207. The highest BCUT2D eigenvalue weighted by Crippen LogP contribution is 2.22. The number of nitrogens with one attached hydrogen (secondary N) is 1. The van der Waals surface area contributed by atoms with E-state index in [1.807, 2.05) is 6.07 Å². The Morgan fingerprint density at radius 1 is 1.11 bits per heavy atom. The van der Waals surface area contributed by atoms with Crippen molar-refractivity contribution >= 4 is 6.08 Å². The number of rotatable bonds is 7. The lowest BCUT2D eigenvalue weighted by atomic mass is 9.98. The Hall–Kier alpha value is -2.16. The molecule has 0 saturated carbocycles. The van der Waals surface area contributed by atoms with Gasteiger partial charge in [0.15, 0.2) is 0 Å². The number of methoxy groups -OCH3 is 1. The zero-order valence-corrected chi connectivity index (χ0v) is 17.7. The van der Waals surface area contributed by atoms with Gasteiger partial charge in [-0.05, 0) is 56.7 Å². The van der Waals surface area contributed by atoms with Crippen molar-refractivity contribution in [3.63, 3.8) is 0 Å². The van der Waals surface area contributed by atoms with E-state index in [2.05, 4.69) is 85.9 Å². The first-order valence-corrected chi connectivity index (χ1v) is 10.4. The topological polar surface area (TPSA) is 21.3 Å². The van der Waals surface area contributed by atoms with Crippen molar-refractivity contribution in [3.8, 4) is 0 Å². The first-order chi connectivity index (χ1) is 13.7. The van der Waals surface area contributed by atoms with Crippen molar-refractivity contribution in [1.82, 2.24) is 5.32 Å². The number of benzene rings is 2. The number of allylic oxidation sites excluding steroid dienone is 3. The van der Waals surface area contributed by atoms with Crippen molar-refractivity contribution in [2.24, 2.45) is 0 Å². The molecule has 1 fully saturated rings. The van der Waals surface area contributed by atoms with Crippen LogP contribution in [-0.4, -0.2) is 26.8 Å². The van der Waals surface area contributed by atoms with E-state index >= 15 is 0 Å². The van der Waals surface area contributed by atoms with Crippen LogP contribution in [0.25, 0.3) is 6.08 Å². The van der Waals surface area contributed by atoms with Crippen LogP contribution in [0.2, 0.25) is 0 Å². The van der Waals surface area contributed by atoms with E-state index in [-0.39, 0.29) is 0 Å². The molecule has 1 heterocycles. The average Bonchev–Trinajstić information content (AvgIpc) is 3.27. The Bertz CT molecular complexity index is 710. The molecule has 1 aliphatic rings. The summed E-state index contributed by atoms with van der Waals surface area (Å²) in [6, 6.07) is 19.3. The molecule has 3 rings (SSSR count). The van der Waals surface area contributed by atoms with Gasteiger partial charge in [-0.3, -0.25) is 0 Å². The molecule has 150 valence electrons. The van der Waals surface area contributed by atoms with Gasteiger partial charge in [-0.1, -0.05) is 84.0 Å². The van der Waals surface area contributed by atoms with E-state index in [1.54, 1.807) is 7.11 Å². The summed E-state index contributed by atoms with van der Waals surface area (Å²) in [5.74, 6) is 0.755. The van der Waals surface area contributed by atoms with Crippen LogP contribution >= 0.6 is 0 Å². The first-order valence-electron chi connectivity index (χ1n) is 10.4. The SMILES string of the molecule is C/C=C(/C=C/c1ccccc1)CCCOC.Cc1ccc(C2CCNC2)cc1. The maximum Gasteiger partial charge on any atom is 0.0465 e. The minimum Gasteiger partial charge on any atom is -0.385 e. The number of hydrogen-bond acceptors (Lipinski definition) is 2. The van der Waals surface area contributed by atoms with Crippen LogP contribution in [0.5, 0.6) is 0 Å². The molecule has 2 nitrogen and oxygen atoms in total. The number of hydrogen-bond donors (Lipinski definition) is 1. The van der Waals surface area contributed by atoms with Crippen LogP contribution in [0.15, 0.2) is 72.3 Å². The van der Waals surface area contributed by atoms with Crippen LogP contribution in [-0.2, 0) is 4.74 Å². The maximum atomic E-state index is 5.05. The Morgan fingerprint density at radius 3 is 2.46 bits per heavy atom. The monoisotopic (exact) mass is 377 g/mol. The Morgan fingerprint density at radius 2 is 1.86 bits per heavy atom. The third kappa shape index (κ3) is 8.24. The molecule has 0 amide bonds. The summed E-state index contributed by atoms with van der Waals surface area (Å²) in [5.41, 5.74) is 5.45. The molecule has 2 aromatic rings. The number of aryl methyl sites for hydroxylation is 1. The van der Waals surface area contributed by atoms with Crippen molar-refractivity contribution in [3.05, 3.63) is 89.0 Å². The van der Waals surface area contributed by atoms with Gasteiger partial charge in [0, 0.05) is 20.3 Å². The highest BCUT2D eigenvalue weighted by atomic mass is 16.5. The van der Waals surface area contributed by atoms with Gasteiger partial charge in [0.2, 0.25) is 0 Å². The minimum absolute atomic E-state index is 0.755. The molecule has 0 bridgehead atoms. The second kappa shape index (κ2) is 13.1. The summed E-state index contributed by atoms with van der Waals surface area (Å²) in [5, 5.41) is 3.39. The first kappa shape index (κ1) is 22.1. The van der Waals surface area contributed by atoms with Gasteiger partial charge in [-0.25, -0.2) is 0 Å². The molecule has 2 aromatic carbocycles. The van der Waals surface area contributed by atoms with Crippen LogP contribution < -0.4 is 5.32 Å². The second-order valence-electron chi connectivity index (χ2n) is 7.30. The van der Waals surface area contributed by atoms with Gasteiger partial charge in [-0.2, -0.15) is 0 Å². The molecule has 1 N–H and O–H groups in total. The number of ether oxygens (including phenoxy) is 1. The summed E-state index contributed by atoms with van der Waals surface area (Å²) >= 11 is 0. The summed E-state index contributed by atoms with van der Waals surface area (Å²) in [7, 11) is 1.75. The Kier molecular flexibility index (Phi) is 10.3. The lowest BCUT2D eigenvalue weighted by Gasteiger charge is -2.07. The second-order valence-corrected chi connectivity index (χ2v) is 7.30. The summed E-state index contributed by atoms with van der Waals surface area (Å²) in [4.78, 5) is 0. The van der Waals surface area contributed by atoms with E-state index in [0.29, 0.717) is 0 Å². The molecule has 0 aliphatic carbocycles. The fraction of sp³-hybridized carbons (Fsp3) is 0.385. The van der Waals surface area contributed by atoms with Crippen molar-refractivity contribution in [2.75, 3.05) is 26.8 Å². The van der Waals surface area contributed by atoms with E-state index in [0.717, 1.165) is 31.9 Å². The molecular formula is C26H35NO. The third-order valence-corrected chi connectivity index (χ3v) is 5.08. The van der Waals surface area contributed by atoms with E-state index < -0.39 is 0 Å². The lowest BCUT2D eigenvalue weighted by molar-refractivity contribution is 0.195. The zero-order valence-electron chi connectivity index (χ0n) is 17.7. The minimum atomic E-state index is 0.755. The average molecular weight is 378 g/mol. The lowest BCUT2D eigenvalue weighted by Crippen LogP contribution is -2.07. The third-order valence-electron chi connectivity index (χ3n) is 5.08. The predicted octanol–water partition coefficient (Wildman–Crippen LogP) is 6.14. The van der Waals surface area contributed by atoms with Gasteiger partial charge < -0.3 is 10.1 Å². The maximum absolute atomic E-state index is 5.05. The highest BCUT2D eigenvalue weighted by molar-refractivity contribution is 5.52. The fourth-order valence-electron chi connectivity index (χ4n) is 3.29. The van der Waals surface area contributed by atoms with Gasteiger partial charge >= 0.3 is 0 Å². The predicted molar refractivity (Wildman–Crippen MR) is 122 cm³/mol. The molecule has 1 atom stereocenters. The standard InChI is InChI=1S/C15H20O.C11H15N/c1-3-14(10-7-13-16-2)11-12-15-8-5-4-6-9-15;1-9-2-4-10(5-3-9)11-6-7-12-8-11/h3-6,8-9,11-12H,7,10,13H2,1-2H3;2-5,11-12H,6-8H2,1H3/b12-11+,14-3+;. The van der Waals surface area contributed by atoms with Gasteiger partial charge in [0.1, 0.15) is 0 Å². The fourth-order valence-corrected chi connectivity index (χ4v) is 3.29. The van der Waals surface area contributed by atoms with E-state index in [1.165, 1.54) is 35.2 Å². The molecule has 28 heavy (non-hydrogen) atoms. The molecule has 1 saturated heterocycles. The van der Waals surface area contributed by atoms with Crippen LogP contribution in [0.4, 0.5) is 0 Å². The Labute approximate surface area is 171 Å². The quantitative estimate of drug-likeness (QED) is 0.462. The summed E-state index contributed by atoms with van der Waals surface area (Å²) < 4.78 is 5.05. The van der Waals surface area contributed by atoms with Crippen LogP contribution in [0, 0.1) is 6.92 Å². The van der Waals surface area contributed by atoms with E-state index in [9.17, 15) is 0 Å². The molecule has 0 spiro atoms. The van der Waals surface area contributed by atoms with Crippen LogP contribution in [0.3, 0.4) is 0 Å². The summed E-state index contributed by atoms with van der Waals surface area (Å²) in [6.45, 7) is 7.38. The molecule has 0 aromatic heterocycles. The molecule has 1 unspecified atom stereocenters. The van der Waals surface area contributed by atoms with Gasteiger partial charge in [0.05, 0.1) is 0 Å². The van der Waals surface area contributed by atoms with Crippen molar-refractivity contribution in [1.29, 1.82) is 0 Å². The van der Waals surface area contributed by atoms with Crippen molar-refractivity contribution in [2.45, 2.75) is 39.0 Å². The molecule has 0 radical (unpaired) electrons. The largest absolute Gasteiger partial charge is 0.385 e. The molecular weight excluding hydrogens is 342 g/mol. The van der Waals surface area contributed by atoms with E-state index in [4.69, 9.17) is 4.74 Å².